The molecule has 2 N–H and O–H groups in total. The standard InChI is InChI=1S/C21H29N5OS/c1-4-25(2)13-16-12-19(23-26(16)3)28-24-21(27)22-20-17-9-5-7-14(17)11-15-8-6-10-18(15)20/h11-12H,4-10,13H2,1-3H3,(H2,22,24,27). The summed E-state index contributed by atoms with van der Waals surface area (Å²) in [5.41, 5.74) is 7.77. The number of urea groups is 1. The molecule has 7 heteroatoms. The van der Waals surface area contributed by atoms with Crippen LogP contribution in [0.2, 0.25) is 0 Å². The summed E-state index contributed by atoms with van der Waals surface area (Å²) in [6, 6.07) is 4.25. The number of rotatable bonds is 6. The second kappa shape index (κ2) is 8.17. The third kappa shape index (κ3) is 3.91. The summed E-state index contributed by atoms with van der Waals surface area (Å²) in [7, 11) is 4.03. The van der Waals surface area contributed by atoms with Crippen molar-refractivity contribution < 1.29 is 4.79 Å². The minimum atomic E-state index is -0.169. The molecule has 0 spiro atoms. The van der Waals surface area contributed by atoms with Crippen LogP contribution in [0.3, 0.4) is 0 Å². The predicted octanol–water partition coefficient (Wildman–Crippen LogP) is 3.68. The molecule has 0 fully saturated rings. The number of carbonyl (C=O) groups is 1. The van der Waals surface area contributed by atoms with Crippen LogP contribution < -0.4 is 10.0 Å². The van der Waals surface area contributed by atoms with E-state index >= 15 is 0 Å². The molecule has 6 nitrogen and oxygen atoms in total. The summed E-state index contributed by atoms with van der Waals surface area (Å²) in [4.78, 5) is 14.8. The molecule has 4 rings (SSSR count). The maximum Gasteiger partial charge on any atom is 0.329 e. The van der Waals surface area contributed by atoms with Gasteiger partial charge in [-0.05, 0) is 80.4 Å². The number of hydrogen-bond acceptors (Lipinski definition) is 4. The van der Waals surface area contributed by atoms with Gasteiger partial charge in [-0.3, -0.25) is 9.40 Å². The molecule has 2 amide bonds. The van der Waals surface area contributed by atoms with Crippen LogP contribution in [0.25, 0.3) is 0 Å². The molecule has 1 heterocycles. The van der Waals surface area contributed by atoms with Crippen LogP contribution in [0.15, 0.2) is 17.2 Å². The van der Waals surface area contributed by atoms with Gasteiger partial charge in [0.25, 0.3) is 0 Å². The number of anilines is 1. The van der Waals surface area contributed by atoms with Crippen LogP contribution >= 0.6 is 11.9 Å². The predicted molar refractivity (Wildman–Crippen MR) is 114 cm³/mol. The zero-order valence-corrected chi connectivity index (χ0v) is 17.8. The Morgan fingerprint density at radius 2 is 1.86 bits per heavy atom. The van der Waals surface area contributed by atoms with Gasteiger partial charge in [0.15, 0.2) is 0 Å². The topological polar surface area (TPSA) is 62.2 Å². The van der Waals surface area contributed by atoms with Crippen LogP contribution in [-0.4, -0.2) is 34.3 Å². The minimum absolute atomic E-state index is 0.169. The zero-order valence-electron chi connectivity index (χ0n) is 17.0. The van der Waals surface area contributed by atoms with Gasteiger partial charge in [-0.25, -0.2) is 4.79 Å². The van der Waals surface area contributed by atoms with Crippen molar-refractivity contribution in [2.45, 2.75) is 57.0 Å². The number of nitrogens with zero attached hydrogens (tertiary/aromatic N) is 3. The van der Waals surface area contributed by atoms with Crippen molar-refractivity contribution in [2.75, 3.05) is 18.9 Å². The molecule has 0 bridgehead atoms. The highest BCUT2D eigenvalue weighted by Gasteiger charge is 2.25. The number of fused-ring (bicyclic) bond motifs is 2. The quantitative estimate of drug-likeness (QED) is 0.728. The van der Waals surface area contributed by atoms with Crippen molar-refractivity contribution in [2.24, 2.45) is 7.05 Å². The highest BCUT2D eigenvalue weighted by molar-refractivity contribution is 7.97. The zero-order chi connectivity index (χ0) is 19.7. The molecule has 0 unspecified atom stereocenters. The third-order valence-corrected chi connectivity index (χ3v) is 6.58. The number of nitrogens with one attached hydrogen (secondary N) is 2. The van der Waals surface area contributed by atoms with E-state index in [1.165, 1.54) is 47.0 Å². The summed E-state index contributed by atoms with van der Waals surface area (Å²) < 4.78 is 4.79. The monoisotopic (exact) mass is 399 g/mol. The SMILES string of the molecule is CCN(C)Cc1cc(SNC(=O)Nc2c3c(cc4c2CCC4)CCC3)nn1C. The van der Waals surface area contributed by atoms with Crippen molar-refractivity contribution in [1.29, 1.82) is 0 Å². The van der Waals surface area contributed by atoms with Gasteiger partial charge in [0.1, 0.15) is 5.03 Å². The van der Waals surface area contributed by atoms with Gasteiger partial charge in [-0.1, -0.05) is 13.0 Å². The molecule has 2 aromatic rings. The van der Waals surface area contributed by atoms with Crippen molar-refractivity contribution >= 4 is 23.7 Å². The molecule has 0 radical (unpaired) electrons. The van der Waals surface area contributed by atoms with E-state index in [1.807, 2.05) is 17.8 Å². The van der Waals surface area contributed by atoms with Crippen LogP contribution in [-0.2, 0) is 39.3 Å². The number of benzene rings is 1. The molecule has 150 valence electrons. The summed E-state index contributed by atoms with van der Waals surface area (Å²) in [5, 5.41) is 8.47. The maximum absolute atomic E-state index is 12.6. The van der Waals surface area contributed by atoms with Gasteiger partial charge >= 0.3 is 6.03 Å². The summed E-state index contributed by atoms with van der Waals surface area (Å²) >= 11 is 1.27. The normalized spacial score (nSPS) is 15.0. The molecular formula is C21H29N5OS. The second-order valence-corrected chi connectivity index (χ2v) is 8.65. The van der Waals surface area contributed by atoms with Crippen LogP contribution in [0.5, 0.6) is 0 Å². The fourth-order valence-electron chi connectivity index (χ4n) is 4.27. The van der Waals surface area contributed by atoms with E-state index in [2.05, 4.69) is 40.1 Å². The molecule has 2 aliphatic carbocycles. The van der Waals surface area contributed by atoms with Crippen molar-refractivity contribution in [3.05, 3.63) is 40.1 Å². The number of aromatic nitrogens is 2. The van der Waals surface area contributed by atoms with Crippen molar-refractivity contribution in [3.8, 4) is 0 Å². The van der Waals surface area contributed by atoms with Gasteiger partial charge < -0.3 is 10.2 Å². The lowest BCUT2D eigenvalue weighted by atomic mass is 9.99. The Balaban J connectivity index is 1.42. The fraction of sp³-hybridized carbons (Fsp3) is 0.524. The van der Waals surface area contributed by atoms with Gasteiger partial charge in [0.05, 0.1) is 5.69 Å². The van der Waals surface area contributed by atoms with Gasteiger partial charge in [0, 0.05) is 31.2 Å². The first-order chi connectivity index (χ1) is 13.5. The molecule has 0 saturated carbocycles. The van der Waals surface area contributed by atoms with E-state index in [9.17, 15) is 4.79 Å². The van der Waals surface area contributed by atoms with E-state index in [4.69, 9.17) is 0 Å². The lowest BCUT2D eigenvalue weighted by Crippen LogP contribution is -2.24. The Bertz CT molecular complexity index is 859. The lowest BCUT2D eigenvalue weighted by molar-refractivity contribution is 0.257. The Hall–Kier alpha value is -1.99. The fourth-order valence-corrected chi connectivity index (χ4v) is 4.87. The average Bonchev–Trinajstić information content (AvgIpc) is 3.40. The van der Waals surface area contributed by atoms with E-state index in [1.54, 1.807) is 0 Å². The van der Waals surface area contributed by atoms with Crippen molar-refractivity contribution in [3.63, 3.8) is 0 Å². The highest BCUT2D eigenvalue weighted by atomic mass is 32.2. The van der Waals surface area contributed by atoms with Crippen LogP contribution in [0, 0.1) is 0 Å². The van der Waals surface area contributed by atoms with Gasteiger partial charge in [-0.2, -0.15) is 5.10 Å². The average molecular weight is 400 g/mol. The number of carbonyl (C=O) groups excluding carboxylic acids is 1. The molecule has 28 heavy (non-hydrogen) atoms. The minimum Gasteiger partial charge on any atom is -0.307 e. The summed E-state index contributed by atoms with van der Waals surface area (Å²) in [5.74, 6) is 0. The first kappa shape index (κ1) is 19.3. The first-order valence-corrected chi connectivity index (χ1v) is 11.0. The smallest absolute Gasteiger partial charge is 0.307 e. The summed E-state index contributed by atoms with van der Waals surface area (Å²) in [6.45, 7) is 3.96. The Kier molecular flexibility index (Phi) is 5.64. The maximum atomic E-state index is 12.6. The van der Waals surface area contributed by atoms with E-state index in [0.717, 1.165) is 55.2 Å². The number of hydrogen-bond donors (Lipinski definition) is 2. The Morgan fingerprint density at radius 1 is 1.18 bits per heavy atom. The van der Waals surface area contributed by atoms with Crippen molar-refractivity contribution in [1.82, 2.24) is 19.4 Å². The molecular weight excluding hydrogens is 370 g/mol. The van der Waals surface area contributed by atoms with Crippen LogP contribution in [0.4, 0.5) is 10.5 Å². The van der Waals surface area contributed by atoms with E-state index in [0.29, 0.717) is 0 Å². The molecule has 0 atom stereocenters. The number of amides is 2. The molecule has 0 aliphatic heterocycles. The largest absolute Gasteiger partial charge is 0.329 e. The Labute approximate surface area is 171 Å². The molecule has 2 aliphatic rings. The van der Waals surface area contributed by atoms with Gasteiger partial charge in [0.2, 0.25) is 0 Å². The van der Waals surface area contributed by atoms with Crippen LogP contribution in [0.1, 0.15) is 47.7 Å². The number of aryl methyl sites for hydroxylation is 3. The molecule has 1 aromatic heterocycles. The third-order valence-electron chi connectivity index (χ3n) is 5.89. The summed E-state index contributed by atoms with van der Waals surface area (Å²) in [6.07, 6.45) is 6.78. The molecule has 0 saturated heterocycles. The second-order valence-electron chi connectivity index (χ2n) is 7.82. The molecule has 1 aromatic carbocycles. The lowest BCUT2D eigenvalue weighted by Gasteiger charge is -2.16. The van der Waals surface area contributed by atoms with Gasteiger partial charge in [-0.15, -0.1) is 0 Å². The van der Waals surface area contributed by atoms with E-state index < -0.39 is 0 Å². The first-order valence-electron chi connectivity index (χ1n) is 10.2. The highest BCUT2D eigenvalue weighted by Crippen LogP contribution is 2.38. The van der Waals surface area contributed by atoms with E-state index in [-0.39, 0.29) is 6.03 Å². The Morgan fingerprint density at radius 3 is 2.50 bits per heavy atom.